The Labute approximate surface area is 135 Å². The smallest absolute Gasteiger partial charge is 0.241 e. The summed E-state index contributed by atoms with van der Waals surface area (Å²) in [5.41, 5.74) is 5.79. The highest BCUT2D eigenvalue weighted by atomic mass is 16.2. The Bertz CT molecular complexity index is 352. The third-order valence-corrected chi connectivity index (χ3v) is 4.48. The minimum Gasteiger partial charge on any atom is -0.346 e. The topological polar surface area (TPSA) is 75.4 Å². The van der Waals surface area contributed by atoms with Crippen LogP contribution in [0.3, 0.4) is 0 Å². The molecule has 128 valence electrons. The van der Waals surface area contributed by atoms with Crippen molar-refractivity contribution in [1.82, 2.24) is 10.2 Å². The van der Waals surface area contributed by atoms with Crippen molar-refractivity contribution in [3.8, 4) is 0 Å². The standard InChI is InChI=1S/C17H33N3O2/c1-4-10-20(12-14-8-6-5-7-9-14)15(21)11-19-17(22)16(18)13(2)3/h13-14,16H,4-12,18H2,1-3H3,(H,19,22)/t16-/m0/s1. The molecule has 1 aliphatic carbocycles. The van der Waals surface area contributed by atoms with Crippen LogP contribution in [0.1, 0.15) is 59.3 Å². The molecule has 1 rings (SSSR count). The van der Waals surface area contributed by atoms with E-state index in [-0.39, 0.29) is 24.3 Å². The number of hydrogen-bond donors (Lipinski definition) is 2. The number of hydrogen-bond acceptors (Lipinski definition) is 3. The average molecular weight is 311 g/mol. The fraction of sp³-hybridized carbons (Fsp3) is 0.882. The van der Waals surface area contributed by atoms with E-state index in [1.807, 2.05) is 18.7 Å². The van der Waals surface area contributed by atoms with Crippen molar-refractivity contribution in [1.29, 1.82) is 0 Å². The Hall–Kier alpha value is -1.10. The second kappa shape index (κ2) is 9.82. The summed E-state index contributed by atoms with van der Waals surface area (Å²) >= 11 is 0. The number of nitrogens with zero attached hydrogens (tertiary/aromatic N) is 1. The first kappa shape index (κ1) is 18.9. The molecule has 5 heteroatoms. The summed E-state index contributed by atoms with van der Waals surface area (Å²) in [6.45, 7) is 7.54. The molecule has 0 spiro atoms. The lowest BCUT2D eigenvalue weighted by atomic mass is 9.89. The van der Waals surface area contributed by atoms with Crippen LogP contribution in [-0.2, 0) is 9.59 Å². The Morgan fingerprint density at radius 3 is 2.41 bits per heavy atom. The van der Waals surface area contributed by atoms with E-state index in [4.69, 9.17) is 5.73 Å². The highest BCUT2D eigenvalue weighted by Crippen LogP contribution is 2.24. The van der Waals surface area contributed by atoms with E-state index < -0.39 is 6.04 Å². The quantitative estimate of drug-likeness (QED) is 0.719. The lowest BCUT2D eigenvalue weighted by molar-refractivity contribution is -0.134. The van der Waals surface area contributed by atoms with Crippen LogP contribution < -0.4 is 11.1 Å². The van der Waals surface area contributed by atoms with Gasteiger partial charge in [-0.3, -0.25) is 9.59 Å². The predicted molar refractivity (Wildman–Crippen MR) is 89.3 cm³/mol. The predicted octanol–water partition coefficient (Wildman–Crippen LogP) is 1.90. The molecule has 1 aliphatic rings. The van der Waals surface area contributed by atoms with E-state index in [9.17, 15) is 9.59 Å². The fourth-order valence-corrected chi connectivity index (χ4v) is 2.96. The van der Waals surface area contributed by atoms with Gasteiger partial charge in [0.1, 0.15) is 0 Å². The molecule has 1 saturated carbocycles. The van der Waals surface area contributed by atoms with Crippen LogP contribution in [0.4, 0.5) is 0 Å². The molecule has 0 bridgehead atoms. The number of rotatable bonds is 8. The Morgan fingerprint density at radius 2 is 1.86 bits per heavy atom. The Morgan fingerprint density at radius 1 is 1.23 bits per heavy atom. The molecule has 1 atom stereocenters. The van der Waals surface area contributed by atoms with Gasteiger partial charge in [-0.2, -0.15) is 0 Å². The second-order valence-corrected chi connectivity index (χ2v) is 6.83. The zero-order chi connectivity index (χ0) is 16.5. The van der Waals surface area contributed by atoms with Gasteiger partial charge in [0.25, 0.3) is 0 Å². The molecule has 0 saturated heterocycles. The SMILES string of the molecule is CCCN(CC1CCCCC1)C(=O)CNC(=O)[C@@H](N)C(C)C. The van der Waals surface area contributed by atoms with Crippen molar-refractivity contribution < 1.29 is 9.59 Å². The molecular formula is C17H33N3O2. The summed E-state index contributed by atoms with van der Waals surface area (Å²) in [7, 11) is 0. The van der Waals surface area contributed by atoms with Crippen molar-refractivity contribution >= 4 is 11.8 Å². The maximum Gasteiger partial charge on any atom is 0.241 e. The van der Waals surface area contributed by atoms with E-state index in [0.29, 0.717) is 5.92 Å². The van der Waals surface area contributed by atoms with E-state index in [0.717, 1.165) is 19.5 Å². The second-order valence-electron chi connectivity index (χ2n) is 6.83. The highest BCUT2D eigenvalue weighted by Gasteiger charge is 2.22. The molecule has 0 aromatic carbocycles. The molecular weight excluding hydrogens is 278 g/mol. The molecule has 0 aromatic heterocycles. The van der Waals surface area contributed by atoms with E-state index in [1.54, 1.807) is 0 Å². The highest BCUT2D eigenvalue weighted by molar-refractivity contribution is 5.87. The van der Waals surface area contributed by atoms with Crippen molar-refractivity contribution in [2.45, 2.75) is 65.3 Å². The lowest BCUT2D eigenvalue weighted by Crippen LogP contribution is -2.48. The van der Waals surface area contributed by atoms with Gasteiger partial charge >= 0.3 is 0 Å². The van der Waals surface area contributed by atoms with Crippen LogP contribution in [0, 0.1) is 11.8 Å². The summed E-state index contributed by atoms with van der Waals surface area (Å²) in [6, 6.07) is -0.550. The summed E-state index contributed by atoms with van der Waals surface area (Å²) in [4.78, 5) is 26.1. The molecule has 5 nitrogen and oxygen atoms in total. The number of carbonyl (C=O) groups is 2. The zero-order valence-electron chi connectivity index (χ0n) is 14.4. The first-order chi connectivity index (χ1) is 10.5. The summed E-state index contributed by atoms with van der Waals surface area (Å²) in [6.07, 6.45) is 7.26. The van der Waals surface area contributed by atoms with Crippen LogP contribution in [0.15, 0.2) is 0 Å². The summed E-state index contributed by atoms with van der Waals surface area (Å²) in [5, 5.41) is 2.68. The first-order valence-electron chi connectivity index (χ1n) is 8.76. The molecule has 0 unspecified atom stereocenters. The number of amides is 2. The molecule has 0 aromatic rings. The van der Waals surface area contributed by atoms with Crippen LogP contribution in [0.5, 0.6) is 0 Å². The summed E-state index contributed by atoms with van der Waals surface area (Å²) < 4.78 is 0. The van der Waals surface area contributed by atoms with Crippen LogP contribution in [-0.4, -0.2) is 42.4 Å². The minimum atomic E-state index is -0.550. The average Bonchev–Trinajstić information content (AvgIpc) is 2.52. The van der Waals surface area contributed by atoms with Crippen molar-refractivity contribution in [2.75, 3.05) is 19.6 Å². The van der Waals surface area contributed by atoms with Gasteiger partial charge in [-0.15, -0.1) is 0 Å². The van der Waals surface area contributed by atoms with Crippen LogP contribution in [0.25, 0.3) is 0 Å². The molecule has 0 heterocycles. The molecule has 1 fully saturated rings. The zero-order valence-corrected chi connectivity index (χ0v) is 14.4. The third kappa shape index (κ3) is 6.34. The van der Waals surface area contributed by atoms with Crippen molar-refractivity contribution in [2.24, 2.45) is 17.6 Å². The van der Waals surface area contributed by atoms with Gasteiger partial charge in [0, 0.05) is 13.1 Å². The van der Waals surface area contributed by atoms with Crippen LogP contribution in [0.2, 0.25) is 0 Å². The molecule has 0 aliphatic heterocycles. The normalized spacial score (nSPS) is 17.3. The summed E-state index contributed by atoms with van der Waals surface area (Å²) in [5.74, 6) is 0.469. The molecule has 0 radical (unpaired) electrons. The maximum absolute atomic E-state index is 12.4. The van der Waals surface area contributed by atoms with Gasteiger partial charge in [-0.25, -0.2) is 0 Å². The Kier molecular flexibility index (Phi) is 8.46. The lowest BCUT2D eigenvalue weighted by Gasteiger charge is -2.30. The monoisotopic (exact) mass is 311 g/mol. The van der Waals surface area contributed by atoms with E-state index >= 15 is 0 Å². The van der Waals surface area contributed by atoms with Gasteiger partial charge in [0.05, 0.1) is 12.6 Å². The van der Waals surface area contributed by atoms with Crippen LogP contribution >= 0.6 is 0 Å². The van der Waals surface area contributed by atoms with Gasteiger partial charge in [-0.1, -0.05) is 40.0 Å². The number of nitrogens with one attached hydrogen (secondary N) is 1. The third-order valence-electron chi connectivity index (χ3n) is 4.48. The fourth-order valence-electron chi connectivity index (χ4n) is 2.96. The maximum atomic E-state index is 12.4. The van der Waals surface area contributed by atoms with E-state index in [2.05, 4.69) is 12.2 Å². The number of carbonyl (C=O) groups excluding carboxylic acids is 2. The van der Waals surface area contributed by atoms with Gasteiger partial charge < -0.3 is 16.0 Å². The van der Waals surface area contributed by atoms with Gasteiger partial charge in [0.15, 0.2) is 0 Å². The van der Waals surface area contributed by atoms with Gasteiger partial charge in [0.2, 0.25) is 11.8 Å². The number of nitrogens with two attached hydrogens (primary N) is 1. The molecule has 2 amide bonds. The largest absolute Gasteiger partial charge is 0.346 e. The van der Waals surface area contributed by atoms with E-state index in [1.165, 1.54) is 32.1 Å². The molecule has 3 N–H and O–H groups in total. The van der Waals surface area contributed by atoms with Gasteiger partial charge in [-0.05, 0) is 31.1 Å². The first-order valence-corrected chi connectivity index (χ1v) is 8.76. The molecule has 22 heavy (non-hydrogen) atoms. The van der Waals surface area contributed by atoms with Crippen molar-refractivity contribution in [3.63, 3.8) is 0 Å². The Balaban J connectivity index is 2.44. The minimum absolute atomic E-state index is 0.0109. The van der Waals surface area contributed by atoms with Crippen molar-refractivity contribution in [3.05, 3.63) is 0 Å².